The molecule has 0 atom stereocenters. The summed E-state index contributed by atoms with van der Waals surface area (Å²) in [4.78, 5) is 15.7. The van der Waals surface area contributed by atoms with Crippen molar-refractivity contribution in [2.24, 2.45) is 0 Å². The van der Waals surface area contributed by atoms with Crippen LogP contribution in [0.2, 0.25) is 0 Å². The highest BCUT2D eigenvalue weighted by Gasteiger charge is 2.61. The van der Waals surface area contributed by atoms with Crippen molar-refractivity contribution in [2.45, 2.75) is 30.8 Å². The van der Waals surface area contributed by atoms with Gasteiger partial charge in [0.05, 0.1) is 6.20 Å². The number of carbonyl (C=O) groups is 1. The highest BCUT2D eigenvalue weighted by atomic mass is 19.3. The second-order valence-electron chi connectivity index (χ2n) is 4.84. The van der Waals surface area contributed by atoms with Crippen molar-refractivity contribution in [1.82, 2.24) is 14.6 Å². The third kappa shape index (κ3) is 1.75. The molecule has 2 N–H and O–H groups in total. The molecular weight excluding hydrogens is 270 g/mol. The average molecular weight is 282 g/mol. The zero-order valence-electron chi connectivity index (χ0n) is 10.4. The molecule has 20 heavy (non-hydrogen) atoms. The van der Waals surface area contributed by atoms with Crippen LogP contribution < -0.4 is 5.32 Å². The van der Waals surface area contributed by atoms with E-state index in [0.29, 0.717) is 12.1 Å². The normalized spacial score (nSPS) is 17.8. The molecule has 6 nitrogen and oxygen atoms in total. The van der Waals surface area contributed by atoms with Gasteiger partial charge in [0, 0.05) is 12.3 Å². The van der Waals surface area contributed by atoms with Gasteiger partial charge in [0.25, 0.3) is 5.91 Å². The third-order valence-electron chi connectivity index (χ3n) is 3.58. The van der Waals surface area contributed by atoms with Crippen LogP contribution in [0.4, 0.5) is 14.6 Å². The van der Waals surface area contributed by atoms with Gasteiger partial charge in [0.2, 0.25) is 0 Å². The van der Waals surface area contributed by atoms with Crippen LogP contribution in [0.3, 0.4) is 0 Å². The highest BCUT2D eigenvalue weighted by molar-refractivity contribution is 5.96. The Labute approximate surface area is 112 Å². The number of nitrogens with zero attached hydrogens (tertiary/aromatic N) is 3. The quantitative estimate of drug-likeness (QED) is 0.887. The van der Waals surface area contributed by atoms with Crippen LogP contribution in [0.25, 0.3) is 5.65 Å². The van der Waals surface area contributed by atoms with Gasteiger partial charge in [-0.05, 0) is 25.3 Å². The monoisotopic (exact) mass is 282 g/mol. The fraction of sp³-hybridized carbons (Fsp3) is 0.417. The molecule has 106 valence electrons. The lowest BCUT2D eigenvalue weighted by molar-refractivity contribution is -0.212. The van der Waals surface area contributed by atoms with Gasteiger partial charge in [-0.2, -0.15) is 18.4 Å². The summed E-state index contributed by atoms with van der Waals surface area (Å²) in [6.07, 6.45) is 3.14. The molecule has 3 rings (SSSR count). The number of halogens is 2. The first kappa shape index (κ1) is 12.9. The molecular formula is C12H12F2N4O2. The Kier molecular flexibility index (Phi) is 2.72. The van der Waals surface area contributed by atoms with E-state index in [1.165, 1.54) is 23.0 Å². The fourth-order valence-electron chi connectivity index (χ4n) is 2.16. The van der Waals surface area contributed by atoms with E-state index in [9.17, 15) is 18.7 Å². The summed E-state index contributed by atoms with van der Waals surface area (Å²) in [6.45, 7) is 0. The van der Waals surface area contributed by atoms with E-state index in [0.717, 1.165) is 0 Å². The maximum Gasteiger partial charge on any atom is 0.352 e. The van der Waals surface area contributed by atoms with E-state index in [1.807, 2.05) is 0 Å². The minimum atomic E-state index is -3.84. The van der Waals surface area contributed by atoms with E-state index in [2.05, 4.69) is 15.4 Å². The summed E-state index contributed by atoms with van der Waals surface area (Å²) in [7, 11) is 0. The molecule has 1 aliphatic carbocycles. The number of hydrogen-bond acceptors (Lipinski definition) is 4. The zero-order valence-corrected chi connectivity index (χ0v) is 10.4. The van der Waals surface area contributed by atoms with Gasteiger partial charge in [0.15, 0.2) is 5.65 Å². The smallest absolute Gasteiger partial charge is 0.352 e. The van der Waals surface area contributed by atoms with E-state index in [4.69, 9.17) is 0 Å². The predicted octanol–water partition coefficient (Wildman–Crippen LogP) is 1.22. The number of alkyl halides is 2. The van der Waals surface area contributed by atoms with Gasteiger partial charge in [-0.1, -0.05) is 0 Å². The molecule has 0 spiro atoms. The van der Waals surface area contributed by atoms with Gasteiger partial charge in [0.1, 0.15) is 11.4 Å². The molecule has 0 radical (unpaired) electrons. The number of carbonyl (C=O) groups excluding carboxylic acids is 1. The van der Waals surface area contributed by atoms with Crippen molar-refractivity contribution in [2.75, 3.05) is 5.32 Å². The van der Waals surface area contributed by atoms with E-state index in [-0.39, 0.29) is 18.7 Å². The Balaban J connectivity index is 1.87. The van der Waals surface area contributed by atoms with Crippen LogP contribution in [0.1, 0.15) is 19.3 Å². The van der Waals surface area contributed by atoms with Gasteiger partial charge >= 0.3 is 5.92 Å². The second-order valence-corrected chi connectivity index (χ2v) is 4.84. The zero-order chi connectivity index (χ0) is 14.4. The van der Waals surface area contributed by atoms with E-state index in [1.54, 1.807) is 6.07 Å². The van der Waals surface area contributed by atoms with Crippen LogP contribution in [0.5, 0.6) is 0 Å². The molecule has 0 aliphatic heterocycles. The van der Waals surface area contributed by atoms with Crippen molar-refractivity contribution >= 4 is 17.4 Å². The highest BCUT2D eigenvalue weighted by Crippen LogP contribution is 2.44. The number of nitrogens with one attached hydrogen (secondary N) is 1. The molecule has 0 unspecified atom stereocenters. The number of hydrogen-bond donors (Lipinski definition) is 2. The SMILES string of the molecule is O=C(Nc1ccnc2ccnn12)C(F)(F)C1(O)CCC1. The molecule has 0 bridgehead atoms. The Bertz CT molecular complexity index is 666. The molecule has 2 heterocycles. The largest absolute Gasteiger partial charge is 0.383 e. The molecule has 1 saturated carbocycles. The van der Waals surface area contributed by atoms with Crippen LogP contribution in [-0.4, -0.2) is 37.1 Å². The van der Waals surface area contributed by atoms with Crippen LogP contribution in [0, 0.1) is 0 Å². The van der Waals surface area contributed by atoms with E-state index >= 15 is 0 Å². The van der Waals surface area contributed by atoms with Crippen molar-refractivity contribution < 1.29 is 18.7 Å². The van der Waals surface area contributed by atoms with Gasteiger partial charge < -0.3 is 10.4 Å². The van der Waals surface area contributed by atoms with Crippen molar-refractivity contribution in [3.05, 3.63) is 24.5 Å². The Morgan fingerprint density at radius 1 is 1.40 bits per heavy atom. The van der Waals surface area contributed by atoms with E-state index < -0.39 is 17.4 Å². The topological polar surface area (TPSA) is 79.5 Å². The number of aliphatic hydroxyl groups is 1. The van der Waals surface area contributed by atoms with Crippen molar-refractivity contribution in [3.8, 4) is 0 Å². The van der Waals surface area contributed by atoms with Crippen LogP contribution in [0.15, 0.2) is 24.5 Å². The minimum absolute atomic E-state index is 0.0765. The first-order chi connectivity index (χ1) is 9.44. The van der Waals surface area contributed by atoms with Crippen LogP contribution >= 0.6 is 0 Å². The summed E-state index contributed by atoms with van der Waals surface area (Å²) in [6, 6.07) is 2.94. The minimum Gasteiger partial charge on any atom is -0.383 e. The summed E-state index contributed by atoms with van der Waals surface area (Å²) < 4.78 is 29.1. The van der Waals surface area contributed by atoms with Gasteiger partial charge in [-0.25, -0.2) is 4.98 Å². The maximum atomic E-state index is 14.0. The fourth-order valence-corrected chi connectivity index (χ4v) is 2.16. The van der Waals surface area contributed by atoms with Crippen molar-refractivity contribution in [3.63, 3.8) is 0 Å². The molecule has 1 amide bonds. The number of fused-ring (bicyclic) bond motifs is 1. The summed E-state index contributed by atoms with van der Waals surface area (Å²) in [5, 5.41) is 15.7. The Morgan fingerprint density at radius 2 is 2.15 bits per heavy atom. The van der Waals surface area contributed by atoms with Gasteiger partial charge in [-0.3, -0.25) is 4.79 Å². The molecule has 2 aromatic heterocycles. The average Bonchev–Trinajstić information content (AvgIpc) is 2.85. The van der Waals surface area contributed by atoms with Crippen LogP contribution in [-0.2, 0) is 4.79 Å². The summed E-state index contributed by atoms with van der Waals surface area (Å²) >= 11 is 0. The lowest BCUT2D eigenvalue weighted by atomic mass is 9.75. The molecule has 8 heteroatoms. The molecule has 1 aliphatic rings. The first-order valence-corrected chi connectivity index (χ1v) is 6.14. The predicted molar refractivity (Wildman–Crippen MR) is 65.4 cm³/mol. The standard InChI is InChI=1S/C12H12F2N4O2/c13-12(14,11(20)4-1-5-11)10(19)17-9-2-6-15-8-3-7-16-18(8)9/h2-3,6-7,20H,1,4-5H2,(H,17,19). The number of aromatic nitrogens is 3. The lowest BCUT2D eigenvalue weighted by Crippen LogP contribution is -2.59. The molecule has 2 aromatic rings. The maximum absolute atomic E-state index is 14.0. The molecule has 0 saturated heterocycles. The number of amides is 1. The summed E-state index contributed by atoms with van der Waals surface area (Å²) in [5.74, 6) is -5.30. The second kappa shape index (κ2) is 4.20. The molecule has 0 aromatic carbocycles. The third-order valence-corrected chi connectivity index (χ3v) is 3.58. The van der Waals surface area contributed by atoms with Crippen molar-refractivity contribution in [1.29, 1.82) is 0 Å². The summed E-state index contributed by atoms with van der Waals surface area (Å²) in [5.41, 5.74) is -1.82. The number of anilines is 1. The first-order valence-electron chi connectivity index (χ1n) is 6.14. The number of rotatable bonds is 3. The van der Waals surface area contributed by atoms with Gasteiger partial charge in [-0.15, -0.1) is 0 Å². The molecule has 1 fully saturated rings. The Hall–Kier alpha value is -2.09. The Morgan fingerprint density at radius 3 is 2.80 bits per heavy atom. The lowest BCUT2D eigenvalue weighted by Gasteiger charge is -2.41.